The van der Waals surface area contributed by atoms with Gasteiger partial charge in [0.2, 0.25) is 34.9 Å². The lowest BCUT2D eigenvalue weighted by molar-refractivity contribution is -0.136. The molecular formula is C25H15F5O5. The summed E-state index contributed by atoms with van der Waals surface area (Å²) in [6, 6.07) is 9.99. The first kappa shape index (κ1) is 23.9. The van der Waals surface area contributed by atoms with Gasteiger partial charge >= 0.3 is 5.97 Å². The molecule has 0 unspecified atom stereocenters. The van der Waals surface area contributed by atoms with E-state index in [1.165, 1.54) is 12.1 Å². The quantitative estimate of drug-likeness (QED) is 0.116. The van der Waals surface area contributed by atoms with Crippen LogP contribution in [0.3, 0.4) is 0 Å². The van der Waals surface area contributed by atoms with Crippen LogP contribution < -0.4 is 14.2 Å². The Morgan fingerprint density at radius 1 is 0.943 bits per heavy atom. The molecular weight excluding hydrogens is 475 g/mol. The molecule has 0 N–H and O–H groups in total. The molecule has 1 aliphatic rings. The predicted octanol–water partition coefficient (Wildman–Crippen LogP) is 5.60. The zero-order chi connectivity index (χ0) is 25.4. The van der Waals surface area contributed by atoms with Gasteiger partial charge in [0.25, 0.3) is 0 Å². The van der Waals surface area contributed by atoms with Crippen molar-refractivity contribution in [3.8, 4) is 17.2 Å². The van der Waals surface area contributed by atoms with Crippen molar-refractivity contribution in [2.45, 2.75) is 13.8 Å². The van der Waals surface area contributed by atoms with Crippen LogP contribution in [0.2, 0.25) is 0 Å². The van der Waals surface area contributed by atoms with Crippen molar-refractivity contribution in [2.75, 3.05) is 6.61 Å². The Bertz CT molecular complexity index is 1380. The Balaban J connectivity index is 1.50. The highest BCUT2D eigenvalue weighted by atomic mass is 19.2. The number of hydrogen-bond acceptors (Lipinski definition) is 5. The van der Waals surface area contributed by atoms with E-state index in [-0.39, 0.29) is 28.6 Å². The minimum atomic E-state index is -2.35. The fraction of sp³-hybridized carbons (Fsp3) is 0.120. The van der Waals surface area contributed by atoms with E-state index in [1.54, 1.807) is 19.1 Å². The number of carbonyl (C=O) groups excluding carboxylic acids is 2. The van der Waals surface area contributed by atoms with Crippen molar-refractivity contribution in [3.63, 3.8) is 0 Å². The van der Waals surface area contributed by atoms with Gasteiger partial charge in [-0.05, 0) is 37.1 Å². The normalized spacial score (nSPS) is 13.6. The van der Waals surface area contributed by atoms with Gasteiger partial charge in [-0.25, -0.2) is 18.0 Å². The van der Waals surface area contributed by atoms with E-state index >= 15 is 0 Å². The Hall–Kier alpha value is -4.21. The first-order chi connectivity index (χ1) is 16.6. The average molecular weight is 490 g/mol. The molecule has 5 nitrogen and oxygen atoms in total. The number of allylic oxidation sites excluding steroid dienone is 1. The molecule has 0 radical (unpaired) electrons. The number of aryl methyl sites for hydroxylation is 2. The molecule has 3 aromatic carbocycles. The number of esters is 1. The number of rotatable bonds is 5. The molecule has 0 bridgehead atoms. The average Bonchev–Trinajstić information content (AvgIpc) is 3.11. The molecule has 0 fully saturated rings. The summed E-state index contributed by atoms with van der Waals surface area (Å²) in [6.45, 7) is 2.32. The molecule has 0 aromatic heterocycles. The van der Waals surface area contributed by atoms with Crippen LogP contribution in [0, 0.1) is 42.9 Å². The summed E-state index contributed by atoms with van der Waals surface area (Å²) in [5.41, 5.74) is 2.42. The van der Waals surface area contributed by atoms with Crippen molar-refractivity contribution in [2.24, 2.45) is 0 Å². The third-order valence-electron chi connectivity index (χ3n) is 5.02. The summed E-state index contributed by atoms with van der Waals surface area (Å²) in [5.74, 6) is -14.3. The standard InChI is InChI=1S/C25H15F5O5/c1-11-4-3-5-13(6-11)8-16-24(32)18-12(2)7-14(9-15(18)35-16)34-17(31)10-33-25-22(29)20(27)19(26)21(28)23(25)30/h3-9H,10H2,1-2H3/b16-8-. The summed E-state index contributed by atoms with van der Waals surface area (Å²) in [5, 5.41) is 0. The molecule has 1 heterocycles. The van der Waals surface area contributed by atoms with Crippen LogP contribution in [-0.2, 0) is 4.79 Å². The number of benzene rings is 3. The van der Waals surface area contributed by atoms with Gasteiger partial charge in [0.1, 0.15) is 11.5 Å². The lowest BCUT2D eigenvalue weighted by atomic mass is 10.0. The van der Waals surface area contributed by atoms with Crippen LogP contribution in [0.5, 0.6) is 17.2 Å². The molecule has 0 saturated carbocycles. The number of halogens is 5. The minimum Gasteiger partial charge on any atom is -0.476 e. The van der Waals surface area contributed by atoms with Gasteiger partial charge in [-0.15, -0.1) is 0 Å². The topological polar surface area (TPSA) is 61.8 Å². The number of fused-ring (bicyclic) bond motifs is 1. The second-order valence-electron chi connectivity index (χ2n) is 7.63. The third-order valence-corrected chi connectivity index (χ3v) is 5.02. The maximum absolute atomic E-state index is 13.7. The molecule has 10 heteroatoms. The largest absolute Gasteiger partial charge is 0.476 e. The highest BCUT2D eigenvalue weighted by Crippen LogP contribution is 2.37. The molecule has 35 heavy (non-hydrogen) atoms. The zero-order valence-corrected chi connectivity index (χ0v) is 18.2. The highest BCUT2D eigenvalue weighted by Gasteiger charge is 2.31. The summed E-state index contributed by atoms with van der Waals surface area (Å²) in [7, 11) is 0. The Kier molecular flexibility index (Phi) is 6.29. The van der Waals surface area contributed by atoms with Gasteiger partial charge < -0.3 is 14.2 Å². The molecule has 180 valence electrons. The van der Waals surface area contributed by atoms with Crippen LogP contribution in [0.15, 0.2) is 42.2 Å². The van der Waals surface area contributed by atoms with Crippen LogP contribution in [0.4, 0.5) is 22.0 Å². The van der Waals surface area contributed by atoms with E-state index in [1.807, 2.05) is 25.1 Å². The minimum absolute atomic E-state index is 0.0619. The number of Topliss-reactive ketones (excluding diaryl/α,β-unsaturated/α-hetero) is 1. The lowest BCUT2D eigenvalue weighted by Gasteiger charge is -2.11. The summed E-state index contributed by atoms with van der Waals surface area (Å²) in [6.07, 6.45) is 1.57. The van der Waals surface area contributed by atoms with Crippen molar-refractivity contribution >= 4 is 17.8 Å². The van der Waals surface area contributed by atoms with E-state index in [0.29, 0.717) is 5.56 Å². The van der Waals surface area contributed by atoms with Crippen molar-refractivity contribution in [1.82, 2.24) is 0 Å². The van der Waals surface area contributed by atoms with E-state index in [4.69, 9.17) is 9.47 Å². The molecule has 0 amide bonds. The van der Waals surface area contributed by atoms with Crippen molar-refractivity contribution < 1.29 is 45.8 Å². The molecule has 4 rings (SSSR count). The van der Waals surface area contributed by atoms with Gasteiger partial charge in [0.05, 0.1) is 5.56 Å². The summed E-state index contributed by atoms with van der Waals surface area (Å²) >= 11 is 0. The van der Waals surface area contributed by atoms with E-state index in [9.17, 15) is 31.5 Å². The number of carbonyl (C=O) groups is 2. The fourth-order valence-corrected chi connectivity index (χ4v) is 3.45. The van der Waals surface area contributed by atoms with Gasteiger partial charge in [-0.2, -0.15) is 8.78 Å². The summed E-state index contributed by atoms with van der Waals surface area (Å²) in [4.78, 5) is 24.8. The van der Waals surface area contributed by atoms with E-state index in [0.717, 1.165) is 11.1 Å². The smallest absolute Gasteiger partial charge is 0.349 e. The second-order valence-corrected chi connectivity index (χ2v) is 7.63. The Morgan fingerprint density at radius 3 is 2.26 bits per heavy atom. The monoisotopic (exact) mass is 490 g/mol. The van der Waals surface area contributed by atoms with E-state index in [2.05, 4.69) is 4.74 Å². The van der Waals surface area contributed by atoms with Gasteiger partial charge in [0.15, 0.2) is 18.1 Å². The maximum atomic E-state index is 13.7. The molecule has 3 aromatic rings. The highest BCUT2D eigenvalue weighted by molar-refractivity contribution is 6.15. The van der Waals surface area contributed by atoms with Crippen LogP contribution >= 0.6 is 0 Å². The maximum Gasteiger partial charge on any atom is 0.349 e. The first-order valence-corrected chi connectivity index (χ1v) is 10.1. The fourth-order valence-electron chi connectivity index (χ4n) is 3.45. The molecule has 0 aliphatic carbocycles. The van der Waals surface area contributed by atoms with E-state index < -0.39 is 47.4 Å². The molecule has 0 atom stereocenters. The number of hydrogen-bond donors (Lipinski definition) is 0. The summed E-state index contributed by atoms with van der Waals surface area (Å²) < 4.78 is 82.2. The van der Waals surface area contributed by atoms with Gasteiger partial charge in [-0.1, -0.05) is 29.8 Å². The third kappa shape index (κ3) is 4.59. The molecule has 1 aliphatic heterocycles. The van der Waals surface area contributed by atoms with Crippen molar-refractivity contribution in [1.29, 1.82) is 0 Å². The van der Waals surface area contributed by atoms with Crippen molar-refractivity contribution in [3.05, 3.63) is 93.5 Å². The second kappa shape index (κ2) is 9.21. The number of ketones is 1. The van der Waals surface area contributed by atoms with Crippen LogP contribution in [-0.4, -0.2) is 18.4 Å². The molecule has 0 saturated heterocycles. The predicted molar refractivity (Wildman–Crippen MR) is 113 cm³/mol. The molecule has 0 spiro atoms. The zero-order valence-electron chi connectivity index (χ0n) is 18.2. The van der Waals surface area contributed by atoms with Crippen LogP contribution in [0.25, 0.3) is 6.08 Å². The SMILES string of the molecule is Cc1cccc(/C=C2\Oc3cc(OC(=O)COc4c(F)c(F)c(F)c(F)c4F)cc(C)c3C2=O)c1. The van der Waals surface area contributed by atoms with Crippen LogP contribution in [0.1, 0.15) is 27.0 Å². The lowest BCUT2D eigenvalue weighted by Crippen LogP contribution is -2.19. The van der Waals surface area contributed by atoms with Gasteiger partial charge in [-0.3, -0.25) is 4.79 Å². The first-order valence-electron chi connectivity index (χ1n) is 10.1. The number of ether oxygens (including phenoxy) is 3. The van der Waals surface area contributed by atoms with Gasteiger partial charge in [0, 0.05) is 6.07 Å². The Morgan fingerprint density at radius 2 is 1.60 bits per heavy atom. The Labute approximate surface area is 195 Å².